The van der Waals surface area contributed by atoms with Gasteiger partial charge in [-0.15, -0.1) is 0 Å². The standard InChI is InChI=1S/C54H57N5O7/c1-5-18-63-20-21-64-19-17-57(16-10-11-37(4)60)42-25-38(33-65-51-29-47-45(22-35(51)2)53(61)58-43(31-55-47)27-40-12-6-8-14-49(40)58)24-39(26-42)34-66-52-30-48-46(23-36(52)3)54(62)59-44(32-56-48)28-41-13-7-9-15-50(41)59/h6-9,12-15,22-26,29-32,43-44H,5,10-11,16-21,27-28,33-34H2,1-4H3/t43-,44-/m0/s1. The van der Waals surface area contributed by atoms with Crippen LogP contribution in [0.2, 0.25) is 0 Å². The van der Waals surface area contributed by atoms with E-state index in [1.54, 1.807) is 6.92 Å². The van der Waals surface area contributed by atoms with Crippen LogP contribution in [0.5, 0.6) is 11.5 Å². The summed E-state index contributed by atoms with van der Waals surface area (Å²) in [6.45, 7) is 11.6. The van der Waals surface area contributed by atoms with E-state index in [2.05, 4.69) is 42.2 Å². The van der Waals surface area contributed by atoms with Gasteiger partial charge < -0.3 is 28.6 Å². The maximum absolute atomic E-state index is 14.0. The molecule has 0 aliphatic carbocycles. The number of aliphatic imine (C=N–C) groups is 2. The average molecular weight is 888 g/mol. The normalized spacial score (nSPS) is 16.5. The number of amides is 2. The van der Waals surface area contributed by atoms with Crippen molar-refractivity contribution >= 4 is 58.5 Å². The van der Waals surface area contributed by atoms with Crippen molar-refractivity contribution in [1.29, 1.82) is 0 Å². The summed E-state index contributed by atoms with van der Waals surface area (Å²) in [5, 5.41) is 0. The summed E-state index contributed by atoms with van der Waals surface area (Å²) in [6, 6.07) is 29.6. The lowest BCUT2D eigenvalue weighted by atomic mass is 10.1. The number of carbonyl (C=O) groups is 3. The number of nitrogens with zero attached hydrogens (tertiary/aromatic N) is 5. The molecule has 0 unspecified atom stereocenters. The van der Waals surface area contributed by atoms with Gasteiger partial charge in [0.1, 0.15) is 30.5 Å². The minimum absolute atomic E-state index is 0.0685. The Morgan fingerprint density at radius 1 is 0.667 bits per heavy atom. The number of hydrogen-bond acceptors (Lipinski definition) is 10. The van der Waals surface area contributed by atoms with Gasteiger partial charge in [-0.2, -0.15) is 0 Å². The molecular weight excluding hydrogens is 831 g/mol. The summed E-state index contributed by atoms with van der Waals surface area (Å²) >= 11 is 0. The molecule has 0 aromatic heterocycles. The molecule has 5 aromatic rings. The van der Waals surface area contributed by atoms with Crippen LogP contribution in [0.1, 0.15) is 87.2 Å². The first-order valence-corrected chi connectivity index (χ1v) is 23.1. The summed E-state index contributed by atoms with van der Waals surface area (Å²) in [5.74, 6) is 1.29. The van der Waals surface area contributed by atoms with E-state index in [-0.39, 0.29) is 42.9 Å². The quantitative estimate of drug-likeness (QED) is 0.0752. The van der Waals surface area contributed by atoms with Crippen molar-refractivity contribution in [2.75, 3.05) is 54.2 Å². The van der Waals surface area contributed by atoms with E-state index in [4.69, 9.17) is 28.9 Å². The molecule has 2 atom stereocenters. The van der Waals surface area contributed by atoms with Gasteiger partial charge in [-0.25, -0.2) is 0 Å². The second-order valence-corrected chi connectivity index (χ2v) is 17.6. The molecule has 0 fully saturated rings. The number of para-hydroxylation sites is 2. The van der Waals surface area contributed by atoms with Crippen molar-refractivity contribution < 1.29 is 33.3 Å². The van der Waals surface area contributed by atoms with E-state index in [9.17, 15) is 14.4 Å². The lowest BCUT2D eigenvalue weighted by Gasteiger charge is -2.26. The fourth-order valence-corrected chi connectivity index (χ4v) is 9.34. The Bertz CT molecular complexity index is 2550. The van der Waals surface area contributed by atoms with E-state index in [1.165, 1.54) is 0 Å². The van der Waals surface area contributed by atoms with Crippen molar-refractivity contribution in [3.05, 3.63) is 136 Å². The zero-order chi connectivity index (χ0) is 45.7. The van der Waals surface area contributed by atoms with Crippen LogP contribution in [-0.4, -0.2) is 81.6 Å². The Kier molecular flexibility index (Phi) is 13.4. The van der Waals surface area contributed by atoms with Gasteiger partial charge >= 0.3 is 0 Å². The van der Waals surface area contributed by atoms with Gasteiger partial charge in [-0.1, -0.05) is 43.3 Å². The van der Waals surface area contributed by atoms with Gasteiger partial charge in [-0.3, -0.25) is 29.4 Å². The number of ether oxygens (including phenoxy) is 4. The number of aryl methyl sites for hydroxylation is 2. The summed E-state index contributed by atoms with van der Waals surface area (Å²) in [6.07, 6.45) is 7.32. The number of hydrogen-bond donors (Lipinski definition) is 0. The molecule has 0 radical (unpaired) electrons. The first kappa shape index (κ1) is 44.6. The molecule has 0 saturated heterocycles. The fourth-order valence-electron chi connectivity index (χ4n) is 9.34. The highest BCUT2D eigenvalue weighted by Crippen LogP contribution is 2.41. The molecule has 4 aliphatic rings. The van der Waals surface area contributed by atoms with Crippen LogP contribution in [0.25, 0.3) is 0 Å². The van der Waals surface area contributed by atoms with Crippen LogP contribution in [0.15, 0.2) is 101 Å². The van der Waals surface area contributed by atoms with Gasteiger partial charge in [0, 0.05) is 80.6 Å². The lowest BCUT2D eigenvalue weighted by molar-refractivity contribution is -0.117. The average Bonchev–Trinajstić information content (AvgIpc) is 3.81. The van der Waals surface area contributed by atoms with Crippen molar-refractivity contribution in [2.45, 2.75) is 85.1 Å². The van der Waals surface area contributed by atoms with E-state index in [0.29, 0.717) is 86.4 Å². The predicted octanol–water partition coefficient (Wildman–Crippen LogP) is 9.66. The highest BCUT2D eigenvalue weighted by atomic mass is 16.5. The molecule has 4 aliphatic heterocycles. The van der Waals surface area contributed by atoms with Crippen molar-refractivity contribution in [3.8, 4) is 11.5 Å². The Labute approximate surface area is 386 Å². The van der Waals surface area contributed by atoms with Crippen molar-refractivity contribution in [3.63, 3.8) is 0 Å². The lowest BCUT2D eigenvalue weighted by Crippen LogP contribution is -2.37. The van der Waals surface area contributed by atoms with Crippen LogP contribution >= 0.6 is 0 Å². The molecule has 4 heterocycles. The van der Waals surface area contributed by atoms with Crippen molar-refractivity contribution in [2.24, 2.45) is 9.98 Å². The summed E-state index contributed by atoms with van der Waals surface area (Å²) in [4.78, 5) is 55.7. The number of anilines is 3. The Hall–Kier alpha value is -6.63. The minimum atomic E-state index is -0.144. The number of carbonyl (C=O) groups excluding carboxylic acids is 3. The number of fused-ring (bicyclic) bond motifs is 8. The smallest absolute Gasteiger partial charge is 0.261 e. The molecule has 0 spiro atoms. The highest BCUT2D eigenvalue weighted by Gasteiger charge is 2.37. The Morgan fingerprint density at radius 2 is 1.18 bits per heavy atom. The van der Waals surface area contributed by atoms with Gasteiger partial charge in [0.25, 0.3) is 11.8 Å². The van der Waals surface area contributed by atoms with Gasteiger partial charge in [-0.05, 0) is 109 Å². The number of rotatable bonds is 19. The SMILES string of the molecule is CCCOCCOCCN(CCCC(C)=O)c1cc(COc2cc3c(cc2C)C(=O)N2c4ccccc4C[C@H]2C=N3)cc(COc2cc3c(cc2C)C(=O)N2c4ccccc4C[C@H]2C=N3)c1. The monoisotopic (exact) mass is 887 g/mol. The molecule has 5 aromatic carbocycles. The number of ketones is 1. The van der Waals surface area contributed by atoms with E-state index in [1.807, 2.05) is 96.7 Å². The minimum Gasteiger partial charge on any atom is -0.489 e. The Balaban J connectivity index is 0.973. The number of benzene rings is 5. The van der Waals surface area contributed by atoms with Gasteiger partial charge in [0.15, 0.2) is 0 Å². The number of Topliss-reactive ketones (excluding diaryl/α,β-unsaturated/α-hetero) is 1. The third-order valence-electron chi connectivity index (χ3n) is 12.7. The summed E-state index contributed by atoms with van der Waals surface area (Å²) in [7, 11) is 0. The molecule has 2 amide bonds. The maximum Gasteiger partial charge on any atom is 0.261 e. The molecule has 66 heavy (non-hydrogen) atoms. The molecule has 9 rings (SSSR count). The van der Waals surface area contributed by atoms with Crippen LogP contribution in [0, 0.1) is 13.8 Å². The molecule has 12 heteroatoms. The largest absolute Gasteiger partial charge is 0.489 e. The second kappa shape index (κ2) is 19.9. The fraction of sp³-hybridized carbons (Fsp3) is 0.352. The highest BCUT2D eigenvalue weighted by molar-refractivity contribution is 6.15. The predicted molar refractivity (Wildman–Crippen MR) is 259 cm³/mol. The van der Waals surface area contributed by atoms with Crippen molar-refractivity contribution in [1.82, 2.24) is 0 Å². The van der Waals surface area contributed by atoms with E-state index >= 15 is 0 Å². The molecule has 0 N–H and O–H groups in total. The summed E-state index contributed by atoms with van der Waals surface area (Å²) < 4.78 is 24.8. The first-order chi connectivity index (χ1) is 32.1. The molecule has 12 nitrogen and oxygen atoms in total. The molecule has 0 bridgehead atoms. The van der Waals surface area contributed by atoms with E-state index in [0.717, 1.165) is 69.7 Å². The van der Waals surface area contributed by atoms with E-state index < -0.39 is 0 Å². The zero-order valence-corrected chi connectivity index (χ0v) is 38.3. The molecule has 0 saturated carbocycles. The third-order valence-corrected chi connectivity index (χ3v) is 12.7. The first-order valence-electron chi connectivity index (χ1n) is 23.1. The Morgan fingerprint density at radius 3 is 1.70 bits per heavy atom. The molecule has 340 valence electrons. The maximum atomic E-state index is 14.0. The van der Waals surface area contributed by atoms with Crippen LogP contribution in [-0.2, 0) is 40.3 Å². The second-order valence-electron chi connectivity index (χ2n) is 17.6. The van der Waals surface area contributed by atoms with Gasteiger partial charge in [0.2, 0.25) is 0 Å². The van der Waals surface area contributed by atoms with Crippen LogP contribution in [0.4, 0.5) is 28.4 Å². The molecular formula is C54H57N5O7. The van der Waals surface area contributed by atoms with Gasteiger partial charge in [0.05, 0.1) is 54.4 Å². The topological polar surface area (TPSA) is 123 Å². The van der Waals surface area contributed by atoms with Crippen LogP contribution < -0.4 is 24.2 Å². The summed E-state index contributed by atoms with van der Waals surface area (Å²) in [5.41, 5.74) is 10.8. The zero-order valence-electron chi connectivity index (χ0n) is 38.3. The third kappa shape index (κ3) is 9.52. The van der Waals surface area contributed by atoms with Crippen LogP contribution in [0.3, 0.4) is 0 Å².